The van der Waals surface area contributed by atoms with Crippen LogP contribution in [0.5, 0.6) is 0 Å². The van der Waals surface area contributed by atoms with E-state index in [2.05, 4.69) is 49.5 Å². The average molecular weight is 302 g/mol. The number of unbranched alkanes of at least 4 members (excludes halogenated alkanes) is 4. The molecule has 0 fully saturated rings. The van der Waals surface area contributed by atoms with Crippen LogP contribution in [0.2, 0.25) is 0 Å². The molecule has 0 aliphatic rings. The molecule has 0 spiro atoms. The molecule has 0 aromatic carbocycles. The molecule has 1 N–H and O–H groups in total. The summed E-state index contributed by atoms with van der Waals surface area (Å²) in [6.45, 7) is 2.18. The summed E-state index contributed by atoms with van der Waals surface area (Å²) in [5.74, 6) is -0.708. The molecule has 0 unspecified atom stereocenters. The monoisotopic (exact) mass is 302 g/mol. The normalized spacial score (nSPS) is 12.8. The molecule has 0 saturated carbocycles. The topological polar surface area (TPSA) is 37.3 Å². The van der Waals surface area contributed by atoms with E-state index in [9.17, 15) is 4.79 Å². The number of hydrogen-bond donors (Lipinski definition) is 1. The number of carbonyl (C=O) groups is 1. The number of aliphatic carboxylic acids is 1. The van der Waals surface area contributed by atoms with Crippen molar-refractivity contribution in [3.63, 3.8) is 0 Å². The summed E-state index contributed by atoms with van der Waals surface area (Å²) in [6.07, 6.45) is 28.4. The lowest BCUT2D eigenvalue weighted by molar-refractivity contribution is -0.137. The van der Waals surface area contributed by atoms with Crippen LogP contribution in [0.1, 0.15) is 58.3 Å². The van der Waals surface area contributed by atoms with E-state index in [1.165, 1.54) is 6.42 Å². The summed E-state index contributed by atoms with van der Waals surface area (Å²) in [7, 11) is 0. The molecule has 2 nitrogen and oxygen atoms in total. The molecule has 0 rings (SSSR count). The Labute approximate surface area is 135 Å². The third-order valence-electron chi connectivity index (χ3n) is 2.96. The first-order valence-electron chi connectivity index (χ1n) is 8.29. The number of allylic oxidation sites excluding steroid dienone is 10. The second-order valence-corrected chi connectivity index (χ2v) is 5.10. The molecule has 0 amide bonds. The lowest BCUT2D eigenvalue weighted by Crippen LogP contribution is -1.92. The smallest absolute Gasteiger partial charge is 0.303 e. The molecule has 0 heterocycles. The first-order valence-corrected chi connectivity index (χ1v) is 8.29. The van der Waals surface area contributed by atoms with Crippen LogP contribution in [0, 0.1) is 0 Å². The van der Waals surface area contributed by atoms with Gasteiger partial charge < -0.3 is 5.11 Å². The molecule has 0 aliphatic carbocycles. The Balaban J connectivity index is 3.49. The Morgan fingerprint density at radius 2 is 1.23 bits per heavy atom. The van der Waals surface area contributed by atoms with Gasteiger partial charge in [-0.05, 0) is 38.5 Å². The summed E-state index contributed by atoms with van der Waals surface area (Å²) in [5.41, 5.74) is 0. The van der Waals surface area contributed by atoms with Crippen molar-refractivity contribution in [2.75, 3.05) is 0 Å². The van der Waals surface area contributed by atoms with Crippen molar-refractivity contribution >= 4 is 5.97 Å². The van der Waals surface area contributed by atoms with Crippen molar-refractivity contribution in [2.45, 2.75) is 58.3 Å². The van der Waals surface area contributed by atoms with E-state index in [0.717, 1.165) is 38.5 Å². The van der Waals surface area contributed by atoms with E-state index >= 15 is 0 Å². The van der Waals surface area contributed by atoms with Gasteiger partial charge in [0.2, 0.25) is 0 Å². The van der Waals surface area contributed by atoms with Gasteiger partial charge in [-0.1, -0.05) is 74.1 Å². The van der Waals surface area contributed by atoms with Crippen molar-refractivity contribution < 1.29 is 9.90 Å². The Morgan fingerprint density at radius 3 is 1.77 bits per heavy atom. The van der Waals surface area contributed by atoms with E-state index in [0.29, 0.717) is 0 Å². The van der Waals surface area contributed by atoms with Gasteiger partial charge in [-0.3, -0.25) is 4.79 Å². The van der Waals surface area contributed by atoms with Crippen LogP contribution in [0.4, 0.5) is 0 Å². The highest BCUT2D eigenvalue weighted by Crippen LogP contribution is 2.00. The summed E-state index contributed by atoms with van der Waals surface area (Å²) >= 11 is 0. The van der Waals surface area contributed by atoms with E-state index in [1.807, 2.05) is 18.2 Å². The zero-order valence-electron chi connectivity index (χ0n) is 13.8. The first-order chi connectivity index (χ1) is 10.8. The lowest BCUT2D eigenvalue weighted by Gasteiger charge is -1.91. The van der Waals surface area contributed by atoms with Crippen molar-refractivity contribution in [3.8, 4) is 0 Å². The Hall–Kier alpha value is -1.83. The molecular formula is C20H30O2. The summed E-state index contributed by atoms with van der Waals surface area (Å²) in [4.78, 5) is 10.3. The minimum Gasteiger partial charge on any atom is -0.481 e. The predicted molar refractivity (Wildman–Crippen MR) is 95.9 cm³/mol. The highest BCUT2D eigenvalue weighted by atomic mass is 16.4. The van der Waals surface area contributed by atoms with Crippen molar-refractivity contribution in [2.24, 2.45) is 0 Å². The van der Waals surface area contributed by atoms with Crippen LogP contribution < -0.4 is 0 Å². The van der Waals surface area contributed by atoms with Crippen molar-refractivity contribution in [1.29, 1.82) is 0 Å². The minimum atomic E-state index is -0.708. The van der Waals surface area contributed by atoms with Crippen molar-refractivity contribution in [1.82, 2.24) is 0 Å². The van der Waals surface area contributed by atoms with E-state index in [1.54, 1.807) is 0 Å². The average Bonchev–Trinajstić information content (AvgIpc) is 2.50. The SMILES string of the molecule is CCCC=CC=CCCC=CC=CC=CCCCCC(=O)O. The highest BCUT2D eigenvalue weighted by Gasteiger charge is 1.93. The molecule has 0 aromatic rings. The Bertz CT molecular complexity index is 398. The zero-order valence-corrected chi connectivity index (χ0v) is 13.8. The van der Waals surface area contributed by atoms with Gasteiger partial charge in [-0.15, -0.1) is 0 Å². The largest absolute Gasteiger partial charge is 0.481 e. The molecule has 0 saturated heterocycles. The molecular weight excluding hydrogens is 272 g/mol. The summed E-state index contributed by atoms with van der Waals surface area (Å²) < 4.78 is 0. The first kappa shape index (κ1) is 20.2. The van der Waals surface area contributed by atoms with Gasteiger partial charge in [-0.25, -0.2) is 0 Å². The molecule has 0 atom stereocenters. The van der Waals surface area contributed by atoms with Gasteiger partial charge in [-0.2, -0.15) is 0 Å². The zero-order chi connectivity index (χ0) is 16.3. The summed E-state index contributed by atoms with van der Waals surface area (Å²) in [5, 5.41) is 8.49. The second kappa shape index (κ2) is 17.2. The highest BCUT2D eigenvalue weighted by molar-refractivity contribution is 5.66. The van der Waals surface area contributed by atoms with E-state index in [4.69, 9.17) is 5.11 Å². The lowest BCUT2D eigenvalue weighted by atomic mass is 10.2. The van der Waals surface area contributed by atoms with Crippen molar-refractivity contribution in [3.05, 3.63) is 60.8 Å². The second-order valence-electron chi connectivity index (χ2n) is 5.10. The minimum absolute atomic E-state index is 0.273. The Kier molecular flexibility index (Phi) is 15.8. The number of carboxylic acid groups (broad SMARTS) is 1. The molecule has 0 aromatic heterocycles. The molecule has 2 heteroatoms. The van der Waals surface area contributed by atoms with Gasteiger partial charge >= 0.3 is 5.97 Å². The third kappa shape index (κ3) is 18.2. The molecule has 0 aliphatic heterocycles. The van der Waals surface area contributed by atoms with E-state index < -0.39 is 5.97 Å². The van der Waals surface area contributed by atoms with Crippen LogP contribution in [0.25, 0.3) is 0 Å². The maximum atomic E-state index is 10.3. The maximum Gasteiger partial charge on any atom is 0.303 e. The standard InChI is InChI=1S/C20H30O2/c1-2-3-4-5-6-7-8-9-10-11-12-13-14-15-16-17-18-19-20(21)22/h4-7,10-15H,2-3,8-9,16-19H2,1H3,(H,21,22). The van der Waals surface area contributed by atoms with Crippen LogP contribution in [0.15, 0.2) is 60.8 Å². The Morgan fingerprint density at radius 1 is 0.727 bits per heavy atom. The number of hydrogen-bond acceptors (Lipinski definition) is 1. The van der Waals surface area contributed by atoms with Crippen LogP contribution in [0.3, 0.4) is 0 Å². The summed E-state index contributed by atoms with van der Waals surface area (Å²) in [6, 6.07) is 0. The fourth-order valence-electron chi connectivity index (χ4n) is 1.73. The molecule has 122 valence electrons. The van der Waals surface area contributed by atoms with Gasteiger partial charge in [0.15, 0.2) is 0 Å². The molecule has 0 radical (unpaired) electrons. The predicted octanol–water partition coefficient (Wildman–Crippen LogP) is 5.99. The maximum absolute atomic E-state index is 10.3. The molecule has 0 bridgehead atoms. The third-order valence-corrected chi connectivity index (χ3v) is 2.96. The van der Waals surface area contributed by atoms with Gasteiger partial charge in [0.25, 0.3) is 0 Å². The van der Waals surface area contributed by atoms with Gasteiger partial charge in [0, 0.05) is 6.42 Å². The fourth-order valence-corrected chi connectivity index (χ4v) is 1.73. The number of rotatable bonds is 13. The van der Waals surface area contributed by atoms with Gasteiger partial charge in [0.05, 0.1) is 0 Å². The fraction of sp³-hybridized carbons (Fsp3) is 0.450. The van der Waals surface area contributed by atoms with Crippen LogP contribution in [-0.4, -0.2) is 11.1 Å². The van der Waals surface area contributed by atoms with Crippen LogP contribution >= 0.6 is 0 Å². The van der Waals surface area contributed by atoms with Crippen LogP contribution in [-0.2, 0) is 4.79 Å². The quantitative estimate of drug-likeness (QED) is 0.335. The van der Waals surface area contributed by atoms with E-state index in [-0.39, 0.29) is 6.42 Å². The number of carboxylic acids is 1. The molecule has 22 heavy (non-hydrogen) atoms. The van der Waals surface area contributed by atoms with Gasteiger partial charge in [0.1, 0.15) is 0 Å².